The highest BCUT2D eigenvalue weighted by Gasteiger charge is 2.52. The lowest BCUT2D eigenvalue weighted by Gasteiger charge is -2.48. The number of aromatic nitrogens is 3. The van der Waals surface area contributed by atoms with Gasteiger partial charge in [0.2, 0.25) is 0 Å². The number of aryl methyl sites for hydroxylation is 2. The zero-order chi connectivity index (χ0) is 30.4. The molecule has 1 saturated carbocycles. The molecule has 44 heavy (non-hydrogen) atoms. The smallest absolute Gasteiger partial charge is 0.193 e. The lowest BCUT2D eigenvalue weighted by molar-refractivity contribution is 0.150. The van der Waals surface area contributed by atoms with E-state index in [2.05, 4.69) is 49.4 Å². The van der Waals surface area contributed by atoms with E-state index in [9.17, 15) is 9.90 Å². The molecule has 1 aromatic carbocycles. The Bertz CT molecular complexity index is 1720. The van der Waals surface area contributed by atoms with Crippen molar-refractivity contribution in [2.24, 2.45) is 11.8 Å². The highest BCUT2D eigenvalue weighted by molar-refractivity contribution is 5.83. The molecule has 0 bridgehead atoms. The number of fused-ring (bicyclic) bond motifs is 1. The summed E-state index contributed by atoms with van der Waals surface area (Å²) < 4.78 is 15.3. The molecular formula is C35H41FN6O2. The maximum absolute atomic E-state index is 15.3. The van der Waals surface area contributed by atoms with Gasteiger partial charge in [0, 0.05) is 67.5 Å². The normalized spacial score (nSPS) is 22.0. The van der Waals surface area contributed by atoms with Crippen LogP contribution in [0, 0.1) is 31.5 Å². The quantitative estimate of drug-likeness (QED) is 0.265. The standard InChI is InChI=1S/C35H41FN6O2/c1-22-5-8-28(19-38-22)41-12-3-4-27(20-41)35(25-6-7-25,26-9-11-37-23(2)14-26)40-18-24-17-39-32-16-33(42-13-10-29(43)21-42)31(36)15-30(32)34(24)44/h5,8-9,11,14-17,19,25,27,29,40,43H,3-4,6-7,10,12-13,18,20-21H2,1-2H3,(H,39,44)/t27-,29+,35?/m0/s1. The maximum Gasteiger partial charge on any atom is 0.193 e. The van der Waals surface area contributed by atoms with Crippen LogP contribution in [0.3, 0.4) is 0 Å². The SMILES string of the molecule is Cc1ccc(N2CCC[C@H](C(NCc3c[nH]c4cc(N5CC[C@@H](O)C5)c(F)cc4c3=O)(c3ccnc(C)c3)C3CC3)C2)cn1. The number of rotatable bonds is 8. The number of aliphatic hydroxyl groups excluding tert-OH is 1. The Morgan fingerprint density at radius 3 is 2.59 bits per heavy atom. The molecule has 3 N–H and O–H groups in total. The lowest BCUT2D eigenvalue weighted by atomic mass is 9.70. The van der Waals surface area contributed by atoms with Crippen molar-refractivity contribution in [1.29, 1.82) is 0 Å². The van der Waals surface area contributed by atoms with E-state index < -0.39 is 11.9 Å². The largest absolute Gasteiger partial charge is 0.391 e. The van der Waals surface area contributed by atoms with Crippen molar-refractivity contribution in [2.75, 3.05) is 36.0 Å². The highest BCUT2D eigenvalue weighted by atomic mass is 19.1. The van der Waals surface area contributed by atoms with E-state index in [1.165, 1.54) is 11.6 Å². The fourth-order valence-corrected chi connectivity index (χ4v) is 7.62. The second-order valence-corrected chi connectivity index (χ2v) is 13.0. The van der Waals surface area contributed by atoms with Gasteiger partial charge in [0.15, 0.2) is 5.43 Å². The summed E-state index contributed by atoms with van der Waals surface area (Å²) >= 11 is 0. The molecule has 3 aromatic heterocycles. The molecule has 2 saturated heterocycles. The molecule has 2 aliphatic heterocycles. The number of H-pyrrole nitrogens is 1. The second-order valence-electron chi connectivity index (χ2n) is 13.0. The number of nitrogens with zero attached hydrogens (tertiary/aromatic N) is 4. The second kappa shape index (κ2) is 11.6. The van der Waals surface area contributed by atoms with Gasteiger partial charge in [-0.1, -0.05) is 0 Å². The first-order chi connectivity index (χ1) is 21.3. The fraction of sp³-hybridized carbons (Fsp3) is 0.457. The third-order valence-electron chi connectivity index (χ3n) is 10.0. The number of aromatic amines is 1. The minimum atomic E-state index is -0.460. The number of aliphatic hydroxyl groups is 1. The van der Waals surface area contributed by atoms with Crippen molar-refractivity contribution in [3.05, 3.63) is 93.5 Å². The molecule has 7 rings (SSSR count). The first-order valence-electron chi connectivity index (χ1n) is 15.9. The van der Waals surface area contributed by atoms with E-state index in [1.54, 1.807) is 12.3 Å². The lowest BCUT2D eigenvalue weighted by Crippen LogP contribution is -2.55. The van der Waals surface area contributed by atoms with Crippen LogP contribution in [0.4, 0.5) is 15.8 Å². The Balaban J connectivity index is 1.22. The number of piperidine rings is 1. The van der Waals surface area contributed by atoms with Gasteiger partial charge in [0.05, 0.1) is 34.7 Å². The van der Waals surface area contributed by atoms with Crippen LogP contribution in [0.2, 0.25) is 0 Å². The van der Waals surface area contributed by atoms with Gasteiger partial charge in [-0.05, 0) is 99.7 Å². The molecule has 8 nitrogen and oxygen atoms in total. The van der Waals surface area contributed by atoms with Gasteiger partial charge < -0.3 is 25.2 Å². The van der Waals surface area contributed by atoms with Crippen LogP contribution >= 0.6 is 0 Å². The molecule has 230 valence electrons. The van der Waals surface area contributed by atoms with Crippen LogP contribution in [-0.4, -0.2) is 52.3 Å². The molecule has 9 heteroatoms. The summed E-state index contributed by atoms with van der Waals surface area (Å²) in [5.74, 6) is 0.317. The maximum atomic E-state index is 15.3. The zero-order valence-corrected chi connectivity index (χ0v) is 25.5. The van der Waals surface area contributed by atoms with Gasteiger partial charge in [-0.2, -0.15) is 0 Å². The van der Waals surface area contributed by atoms with Gasteiger partial charge in [0.25, 0.3) is 0 Å². The monoisotopic (exact) mass is 596 g/mol. The summed E-state index contributed by atoms with van der Waals surface area (Å²) in [6.07, 6.45) is 10.2. The van der Waals surface area contributed by atoms with E-state index in [4.69, 9.17) is 0 Å². The number of anilines is 2. The Kier molecular flexibility index (Phi) is 7.62. The molecular weight excluding hydrogens is 555 g/mol. The average Bonchev–Trinajstić information content (AvgIpc) is 3.79. The van der Waals surface area contributed by atoms with Crippen LogP contribution in [0.25, 0.3) is 10.9 Å². The predicted molar refractivity (Wildman–Crippen MR) is 171 cm³/mol. The van der Waals surface area contributed by atoms with Crippen LogP contribution in [-0.2, 0) is 12.1 Å². The minimum Gasteiger partial charge on any atom is -0.391 e. The fourth-order valence-electron chi connectivity index (χ4n) is 7.62. The summed E-state index contributed by atoms with van der Waals surface area (Å²) in [5.41, 5.74) is 5.47. The third-order valence-corrected chi connectivity index (χ3v) is 10.0. The van der Waals surface area contributed by atoms with Crippen LogP contribution < -0.4 is 20.5 Å². The summed E-state index contributed by atoms with van der Waals surface area (Å²) in [4.78, 5) is 30.4. The van der Waals surface area contributed by atoms with Gasteiger partial charge in [-0.15, -0.1) is 0 Å². The van der Waals surface area contributed by atoms with Gasteiger partial charge >= 0.3 is 0 Å². The molecule has 3 fully saturated rings. The molecule has 5 heterocycles. The minimum absolute atomic E-state index is 0.162. The Morgan fingerprint density at radius 2 is 1.86 bits per heavy atom. The van der Waals surface area contributed by atoms with Crippen molar-refractivity contribution in [1.82, 2.24) is 20.3 Å². The summed E-state index contributed by atoms with van der Waals surface area (Å²) in [6, 6.07) is 11.6. The molecule has 0 spiro atoms. The number of halogens is 1. The van der Waals surface area contributed by atoms with E-state index in [0.717, 1.165) is 55.8 Å². The molecule has 0 amide bonds. The van der Waals surface area contributed by atoms with E-state index in [-0.39, 0.29) is 11.0 Å². The first-order valence-corrected chi connectivity index (χ1v) is 15.9. The Labute approximate surface area is 257 Å². The number of hydrogen-bond acceptors (Lipinski definition) is 7. The van der Waals surface area contributed by atoms with Gasteiger partial charge in [0.1, 0.15) is 5.82 Å². The van der Waals surface area contributed by atoms with Gasteiger partial charge in [-0.25, -0.2) is 4.39 Å². The number of nitrogens with one attached hydrogen (secondary N) is 2. The summed E-state index contributed by atoms with van der Waals surface area (Å²) in [7, 11) is 0. The highest BCUT2D eigenvalue weighted by Crippen LogP contribution is 2.52. The van der Waals surface area contributed by atoms with Crippen LogP contribution in [0.5, 0.6) is 0 Å². The summed E-state index contributed by atoms with van der Waals surface area (Å²) in [5, 5.41) is 14.3. The molecule has 4 aromatic rings. The van der Waals surface area contributed by atoms with Crippen molar-refractivity contribution in [3.8, 4) is 0 Å². The molecule has 1 unspecified atom stereocenters. The van der Waals surface area contributed by atoms with E-state index in [0.29, 0.717) is 60.0 Å². The average molecular weight is 597 g/mol. The van der Waals surface area contributed by atoms with Crippen molar-refractivity contribution in [3.63, 3.8) is 0 Å². The topological polar surface area (TPSA) is 97.4 Å². The zero-order valence-electron chi connectivity index (χ0n) is 25.5. The van der Waals surface area contributed by atoms with Crippen molar-refractivity contribution >= 4 is 22.3 Å². The van der Waals surface area contributed by atoms with Crippen molar-refractivity contribution < 1.29 is 9.50 Å². The molecule has 3 aliphatic rings. The summed E-state index contributed by atoms with van der Waals surface area (Å²) in [6.45, 7) is 7.28. The molecule has 3 atom stereocenters. The molecule has 1 aliphatic carbocycles. The number of β-amino-alcohol motifs (C(OH)–C–C–N with tert-alkyl or cyclic N) is 1. The van der Waals surface area contributed by atoms with E-state index >= 15 is 4.39 Å². The van der Waals surface area contributed by atoms with Crippen molar-refractivity contribution in [2.45, 2.75) is 64.1 Å². The Hall–Kier alpha value is -3.82. The number of benzene rings is 1. The van der Waals surface area contributed by atoms with Crippen LogP contribution in [0.1, 0.15) is 54.6 Å². The predicted octanol–water partition coefficient (Wildman–Crippen LogP) is 4.96. The number of pyridine rings is 3. The van der Waals surface area contributed by atoms with Crippen LogP contribution in [0.15, 0.2) is 59.8 Å². The number of hydrogen-bond donors (Lipinski definition) is 3. The molecule has 0 radical (unpaired) electrons. The third kappa shape index (κ3) is 5.37. The van der Waals surface area contributed by atoms with E-state index in [1.807, 2.05) is 31.1 Å². The Morgan fingerprint density at radius 1 is 1.00 bits per heavy atom. The first kappa shape index (κ1) is 28.9. The van der Waals surface area contributed by atoms with Gasteiger partial charge in [-0.3, -0.25) is 14.8 Å².